The van der Waals surface area contributed by atoms with Gasteiger partial charge in [0.1, 0.15) is 11.5 Å². The molecule has 2 unspecified atom stereocenters. The van der Waals surface area contributed by atoms with E-state index in [0.29, 0.717) is 24.3 Å². The summed E-state index contributed by atoms with van der Waals surface area (Å²) >= 11 is 0. The van der Waals surface area contributed by atoms with E-state index in [9.17, 15) is 0 Å². The van der Waals surface area contributed by atoms with E-state index in [-0.39, 0.29) is 5.84 Å². The van der Waals surface area contributed by atoms with Crippen molar-refractivity contribution in [2.24, 2.45) is 11.7 Å². The van der Waals surface area contributed by atoms with Gasteiger partial charge < -0.3 is 10.5 Å². The molecule has 1 aromatic rings. The van der Waals surface area contributed by atoms with Gasteiger partial charge in [-0.1, -0.05) is 19.8 Å². The summed E-state index contributed by atoms with van der Waals surface area (Å²) in [4.78, 5) is 4.04. The van der Waals surface area contributed by atoms with E-state index in [1.807, 2.05) is 12.1 Å². The molecule has 0 bridgehead atoms. The molecule has 1 heterocycles. The molecular formula is C14H21N3O. The Morgan fingerprint density at radius 1 is 1.50 bits per heavy atom. The minimum Gasteiger partial charge on any atom is -0.382 e. The minimum absolute atomic E-state index is 0.00267. The molecule has 18 heavy (non-hydrogen) atoms. The molecule has 1 aliphatic rings. The lowest BCUT2D eigenvalue weighted by Crippen LogP contribution is -2.25. The van der Waals surface area contributed by atoms with E-state index in [1.165, 1.54) is 19.3 Å². The van der Waals surface area contributed by atoms with Crippen molar-refractivity contribution in [1.82, 2.24) is 4.98 Å². The molecule has 1 fully saturated rings. The third-order valence-electron chi connectivity index (χ3n) is 3.60. The lowest BCUT2D eigenvalue weighted by Gasteiger charge is -2.28. The van der Waals surface area contributed by atoms with Crippen LogP contribution in [0.25, 0.3) is 0 Å². The zero-order valence-corrected chi connectivity index (χ0v) is 10.9. The van der Waals surface area contributed by atoms with Crippen molar-refractivity contribution >= 4 is 5.84 Å². The maximum absolute atomic E-state index is 7.37. The molecule has 4 heteroatoms. The number of rotatable bonds is 4. The molecule has 2 atom stereocenters. The Labute approximate surface area is 108 Å². The number of hydrogen-bond donors (Lipinski definition) is 2. The number of nitrogens with zero attached hydrogens (tertiary/aromatic N) is 1. The molecule has 4 nitrogen and oxygen atoms in total. The summed E-state index contributed by atoms with van der Waals surface area (Å²) in [6.45, 7) is 2.84. The quantitative estimate of drug-likeness (QED) is 0.634. The topological polar surface area (TPSA) is 72.0 Å². The Balaban J connectivity index is 1.93. The lowest BCUT2D eigenvalue weighted by molar-refractivity contribution is -0.0154. The van der Waals surface area contributed by atoms with E-state index in [4.69, 9.17) is 15.9 Å². The van der Waals surface area contributed by atoms with Crippen LogP contribution in [0.5, 0.6) is 0 Å². The van der Waals surface area contributed by atoms with Gasteiger partial charge in [-0.3, -0.25) is 10.4 Å². The summed E-state index contributed by atoms with van der Waals surface area (Å²) in [5.74, 6) is 0.649. The van der Waals surface area contributed by atoms with E-state index >= 15 is 0 Å². The van der Waals surface area contributed by atoms with Crippen LogP contribution in [0.2, 0.25) is 0 Å². The molecule has 2 rings (SSSR count). The van der Waals surface area contributed by atoms with Gasteiger partial charge in [0.15, 0.2) is 0 Å². The first-order valence-electron chi connectivity index (χ1n) is 6.57. The molecule has 0 spiro atoms. The van der Waals surface area contributed by atoms with E-state index in [1.54, 1.807) is 6.20 Å². The highest BCUT2D eigenvalue weighted by molar-refractivity contribution is 5.93. The highest BCUT2D eigenvalue weighted by atomic mass is 16.5. The van der Waals surface area contributed by atoms with Gasteiger partial charge in [0.2, 0.25) is 0 Å². The fourth-order valence-electron chi connectivity index (χ4n) is 2.44. The Morgan fingerprint density at radius 3 is 3.00 bits per heavy atom. The average Bonchev–Trinajstić information content (AvgIpc) is 2.38. The van der Waals surface area contributed by atoms with Gasteiger partial charge in [-0.2, -0.15) is 0 Å². The van der Waals surface area contributed by atoms with Gasteiger partial charge in [-0.15, -0.1) is 0 Å². The van der Waals surface area contributed by atoms with Crippen LogP contribution in [0.4, 0.5) is 0 Å². The van der Waals surface area contributed by atoms with Gasteiger partial charge in [0.05, 0.1) is 12.7 Å². The molecule has 1 aromatic heterocycles. The third-order valence-corrected chi connectivity index (χ3v) is 3.60. The summed E-state index contributed by atoms with van der Waals surface area (Å²) in [6.07, 6.45) is 7.06. The number of pyridine rings is 1. The van der Waals surface area contributed by atoms with Gasteiger partial charge in [0.25, 0.3) is 0 Å². The monoisotopic (exact) mass is 247 g/mol. The van der Waals surface area contributed by atoms with Gasteiger partial charge >= 0.3 is 0 Å². The smallest absolute Gasteiger partial charge is 0.141 e. The van der Waals surface area contributed by atoms with Crippen LogP contribution in [0, 0.1) is 11.3 Å². The molecule has 1 aliphatic carbocycles. The Hall–Kier alpha value is -1.42. The van der Waals surface area contributed by atoms with Crippen LogP contribution in [0.15, 0.2) is 18.3 Å². The van der Waals surface area contributed by atoms with E-state index in [2.05, 4.69) is 11.9 Å². The number of nitrogen functional groups attached to an aromatic ring is 1. The number of aromatic nitrogens is 1. The number of nitrogens with one attached hydrogen (secondary N) is 1. The second-order valence-electron chi connectivity index (χ2n) is 5.07. The first kappa shape index (κ1) is 13.0. The largest absolute Gasteiger partial charge is 0.382 e. The van der Waals surface area contributed by atoms with Crippen molar-refractivity contribution in [3.63, 3.8) is 0 Å². The number of hydrogen-bond acceptors (Lipinski definition) is 3. The van der Waals surface area contributed by atoms with Gasteiger partial charge in [0, 0.05) is 6.20 Å². The zero-order valence-electron chi connectivity index (χ0n) is 10.9. The average molecular weight is 247 g/mol. The number of amidine groups is 1. The van der Waals surface area contributed by atoms with Crippen LogP contribution in [0.3, 0.4) is 0 Å². The summed E-state index contributed by atoms with van der Waals surface area (Å²) in [5, 5.41) is 7.37. The van der Waals surface area contributed by atoms with Gasteiger partial charge in [-0.05, 0) is 36.5 Å². The molecule has 0 amide bonds. The summed E-state index contributed by atoms with van der Waals surface area (Å²) < 4.78 is 5.98. The van der Waals surface area contributed by atoms with Gasteiger partial charge in [-0.25, -0.2) is 0 Å². The maximum atomic E-state index is 7.37. The third kappa shape index (κ3) is 3.29. The van der Waals surface area contributed by atoms with Crippen LogP contribution in [-0.2, 0) is 11.3 Å². The summed E-state index contributed by atoms with van der Waals surface area (Å²) in [5.41, 5.74) is 6.98. The Bertz CT molecular complexity index is 419. The van der Waals surface area contributed by atoms with E-state index < -0.39 is 0 Å². The molecule has 0 aromatic carbocycles. The lowest BCUT2D eigenvalue weighted by atomic mass is 9.88. The SMILES string of the molecule is CC1CCCCC1OCc1ccnc(C(=N)N)c1. The molecule has 0 radical (unpaired) electrons. The van der Waals surface area contributed by atoms with Crippen LogP contribution >= 0.6 is 0 Å². The second-order valence-corrected chi connectivity index (χ2v) is 5.07. The van der Waals surface area contributed by atoms with Crippen molar-refractivity contribution in [2.75, 3.05) is 0 Å². The standard InChI is InChI=1S/C14H21N3O/c1-10-4-2-3-5-13(10)18-9-11-6-7-17-12(8-11)14(15)16/h6-8,10,13H,2-5,9H2,1H3,(H3,15,16). The Kier molecular flexibility index (Phi) is 4.31. The summed E-state index contributed by atoms with van der Waals surface area (Å²) in [7, 11) is 0. The fraction of sp³-hybridized carbons (Fsp3) is 0.571. The van der Waals surface area contributed by atoms with Crippen molar-refractivity contribution in [2.45, 2.75) is 45.3 Å². The van der Waals surface area contributed by atoms with Crippen LogP contribution < -0.4 is 5.73 Å². The zero-order chi connectivity index (χ0) is 13.0. The van der Waals surface area contributed by atoms with Crippen LogP contribution in [0.1, 0.15) is 43.9 Å². The molecule has 98 valence electrons. The first-order valence-corrected chi connectivity index (χ1v) is 6.57. The number of ether oxygens (including phenoxy) is 1. The Morgan fingerprint density at radius 2 is 2.28 bits per heavy atom. The van der Waals surface area contributed by atoms with Crippen molar-refractivity contribution in [3.05, 3.63) is 29.6 Å². The molecular weight excluding hydrogens is 226 g/mol. The van der Waals surface area contributed by atoms with Crippen molar-refractivity contribution in [3.8, 4) is 0 Å². The first-order chi connectivity index (χ1) is 8.66. The fourth-order valence-corrected chi connectivity index (χ4v) is 2.44. The molecule has 3 N–H and O–H groups in total. The molecule has 0 saturated heterocycles. The van der Waals surface area contributed by atoms with Crippen molar-refractivity contribution in [1.29, 1.82) is 5.41 Å². The second kappa shape index (κ2) is 5.96. The maximum Gasteiger partial charge on any atom is 0.141 e. The van der Waals surface area contributed by atoms with E-state index in [0.717, 1.165) is 12.0 Å². The predicted octanol–water partition coefficient (Wildman–Crippen LogP) is 2.46. The van der Waals surface area contributed by atoms with Crippen molar-refractivity contribution < 1.29 is 4.74 Å². The minimum atomic E-state index is 0.00267. The highest BCUT2D eigenvalue weighted by Gasteiger charge is 2.21. The summed E-state index contributed by atoms with van der Waals surface area (Å²) in [6, 6.07) is 3.75. The molecule has 1 saturated carbocycles. The van der Waals surface area contributed by atoms with Crippen LogP contribution in [-0.4, -0.2) is 16.9 Å². The normalized spacial score (nSPS) is 23.8. The predicted molar refractivity (Wildman–Crippen MR) is 71.5 cm³/mol. The number of nitrogens with two attached hydrogens (primary N) is 1. The molecule has 0 aliphatic heterocycles. The highest BCUT2D eigenvalue weighted by Crippen LogP contribution is 2.26.